The van der Waals surface area contributed by atoms with Gasteiger partial charge in [0, 0.05) is 98.4 Å². The normalized spacial score (nSPS) is 21.6. The summed E-state index contributed by atoms with van der Waals surface area (Å²) >= 11 is 18.0. The lowest BCUT2D eigenvalue weighted by Gasteiger charge is -2.49. The maximum absolute atomic E-state index is 13.5. The van der Waals surface area contributed by atoms with Gasteiger partial charge in [-0.05, 0) is 178 Å². The highest BCUT2D eigenvalue weighted by molar-refractivity contribution is 7.88. The third kappa shape index (κ3) is 21.0. The van der Waals surface area contributed by atoms with Crippen LogP contribution in [0.5, 0.6) is 0 Å². The van der Waals surface area contributed by atoms with Crippen LogP contribution in [0.25, 0.3) is 0 Å². The molecule has 3 aromatic carbocycles. The number of aliphatic hydroxyl groups excluding tert-OH is 1. The Bertz CT molecular complexity index is 3170. The van der Waals surface area contributed by atoms with Crippen molar-refractivity contribution in [1.82, 2.24) is 35.0 Å². The number of sulfonamides is 1. The molecule has 8 saturated heterocycles. The number of piperidine rings is 6. The van der Waals surface area contributed by atoms with Gasteiger partial charge in [0.1, 0.15) is 42.4 Å². The summed E-state index contributed by atoms with van der Waals surface area (Å²) in [6.45, 7) is 24.8. The molecule has 3 atom stereocenters. The maximum Gasteiger partial charge on any atom is 0.408 e. The summed E-state index contributed by atoms with van der Waals surface area (Å²) in [5.41, 5.74) is 2.01. The van der Waals surface area contributed by atoms with E-state index in [0.717, 1.165) is 114 Å². The minimum atomic E-state index is -3.49. The summed E-state index contributed by atoms with van der Waals surface area (Å²) in [4.78, 5) is 73.2. The number of halogens is 5. The summed E-state index contributed by atoms with van der Waals surface area (Å²) in [6.07, 6.45) is 18.3. The van der Waals surface area contributed by atoms with Gasteiger partial charge in [-0.15, -0.1) is 0 Å². The molecular weight excluding hydrogens is 1350 g/mol. The molecule has 0 bridgehead atoms. The Morgan fingerprint density at radius 3 is 1.10 bits per heavy atom. The number of nitrogens with zero attached hydrogens (tertiary/aromatic N) is 6. The maximum atomic E-state index is 13.5. The number of ether oxygens (including phenoxy) is 2. The Labute approximate surface area is 598 Å². The van der Waals surface area contributed by atoms with E-state index in [0.29, 0.717) is 58.5 Å². The van der Waals surface area contributed by atoms with Crippen LogP contribution in [0, 0.1) is 0 Å². The van der Waals surface area contributed by atoms with Gasteiger partial charge in [-0.25, -0.2) is 22.7 Å². The van der Waals surface area contributed by atoms with Crippen LogP contribution in [0.1, 0.15) is 155 Å². The minimum Gasteiger partial charge on any atom is -1.00 e. The van der Waals surface area contributed by atoms with Crippen molar-refractivity contribution in [2.45, 2.75) is 203 Å². The highest BCUT2D eigenvalue weighted by Crippen LogP contribution is 2.53. The van der Waals surface area contributed by atoms with Crippen LogP contribution in [-0.4, -0.2) is 222 Å². The third-order valence-corrected chi connectivity index (χ3v) is 22.8. The third-order valence-electron chi connectivity index (χ3n) is 21.4. The van der Waals surface area contributed by atoms with Gasteiger partial charge in [-0.2, -0.15) is 0 Å². The molecule has 0 saturated carbocycles. The molecule has 8 aliphatic rings. The molecule has 0 radical (unpaired) electrons. The number of benzene rings is 3. The van der Waals surface area contributed by atoms with E-state index in [1.165, 1.54) is 93.2 Å². The average molecular weight is 1460 g/mol. The molecule has 3 aromatic rings. The van der Waals surface area contributed by atoms with E-state index in [-0.39, 0.29) is 54.7 Å². The molecule has 8 aliphatic heterocycles. The number of hydrogen-bond donors (Lipinski definition) is 4. The highest BCUT2D eigenvalue weighted by atomic mass is 35.5. The average Bonchev–Trinajstić information content (AvgIpc) is 1.54. The van der Waals surface area contributed by atoms with E-state index in [2.05, 4.69) is 20.3 Å². The fourth-order valence-corrected chi connectivity index (χ4v) is 17.2. The molecule has 19 nitrogen and oxygen atoms in total. The molecule has 0 unspecified atom stereocenters. The Morgan fingerprint density at radius 2 is 0.792 bits per heavy atom. The number of hydrogen-bond acceptors (Lipinski definition) is 11. The van der Waals surface area contributed by atoms with Gasteiger partial charge < -0.3 is 73.7 Å². The van der Waals surface area contributed by atoms with Gasteiger partial charge >= 0.3 is 12.2 Å². The van der Waals surface area contributed by atoms with Crippen molar-refractivity contribution in [1.29, 1.82) is 0 Å². The van der Waals surface area contributed by atoms with E-state index < -0.39 is 51.5 Å². The zero-order chi connectivity index (χ0) is 67.7. The van der Waals surface area contributed by atoms with Crippen molar-refractivity contribution in [3.8, 4) is 0 Å². The summed E-state index contributed by atoms with van der Waals surface area (Å²) in [5.74, 6) is -0.265. The zero-order valence-corrected chi connectivity index (χ0v) is 62.2. The van der Waals surface area contributed by atoms with Crippen LogP contribution in [-0.2, 0) is 53.1 Å². The molecule has 8 heterocycles. The van der Waals surface area contributed by atoms with E-state index in [1.807, 2.05) is 84.0 Å². The van der Waals surface area contributed by atoms with Crippen LogP contribution < -0.4 is 40.2 Å². The lowest BCUT2D eigenvalue weighted by molar-refractivity contribution is -0.836. The summed E-state index contributed by atoms with van der Waals surface area (Å²) in [5, 5.41) is 17.8. The van der Waals surface area contributed by atoms with Crippen molar-refractivity contribution in [3.05, 3.63) is 105 Å². The monoisotopic (exact) mass is 1450 g/mol. The Kier molecular flexibility index (Phi) is 27.6. The molecule has 96 heavy (non-hydrogen) atoms. The van der Waals surface area contributed by atoms with Gasteiger partial charge in [0.25, 0.3) is 0 Å². The Balaban J connectivity index is 0.000000201. The number of likely N-dealkylation sites (tertiary alicyclic amines) is 4. The smallest absolute Gasteiger partial charge is 0.408 e. The van der Waals surface area contributed by atoms with Crippen LogP contribution in [0.3, 0.4) is 0 Å². The number of fused-ring (bicyclic) bond motifs is 2. The Hall–Kier alpha value is -4.19. The van der Waals surface area contributed by atoms with Gasteiger partial charge in [0.2, 0.25) is 27.7 Å². The van der Waals surface area contributed by atoms with E-state index in [4.69, 9.17) is 44.3 Å². The summed E-state index contributed by atoms with van der Waals surface area (Å²) in [6, 6.07) is 19.7. The lowest BCUT2D eigenvalue weighted by atomic mass is 9.84. The number of aliphatic hydroxyl groups is 1. The molecule has 11 rings (SSSR count). The Morgan fingerprint density at radius 1 is 0.490 bits per heavy atom. The largest absolute Gasteiger partial charge is 1.00 e. The van der Waals surface area contributed by atoms with E-state index >= 15 is 0 Å². The number of carbonyl (C=O) groups excluding carboxylic acids is 5. The molecule has 4 spiro atoms. The van der Waals surface area contributed by atoms with E-state index in [1.54, 1.807) is 45.0 Å². The minimum absolute atomic E-state index is 0. The van der Waals surface area contributed by atoms with Crippen LogP contribution in [0.2, 0.25) is 15.1 Å². The topological polar surface area (TPSA) is 207 Å². The van der Waals surface area contributed by atoms with Gasteiger partial charge in [0.05, 0.1) is 39.0 Å². The first-order valence-corrected chi connectivity index (χ1v) is 37.6. The molecule has 0 aromatic heterocycles. The molecule has 25 heteroatoms. The number of rotatable bonds is 15. The molecular formula is C71H106Cl5N9O10S. The number of nitrogens with one attached hydrogen (secondary N) is 3. The molecule has 4 N–H and O–H groups in total. The quantitative estimate of drug-likeness (QED) is 0.127. The first-order chi connectivity index (χ1) is 44.5. The SMILES string of the molecule is CC(C)(C)OC(=O)N[C@H](Cc1ccc(Cl)cc1)C(=O)N1CCC(CO)(N2CCCCC2)CC1.CC(C)(C)OC(=O)N[C@H](Cc1ccc(Cl)cc1)C(=O)N1CCC2(CC1)C[N+]21CCCCC1.CS(=O)(=O)N[C@H](Cc1ccc(Cl)cc1)C(=O)N1CCC2(CC1)C[N+]21CCCCC1.[Cl-].[Cl-]. The second-order valence-electron chi connectivity index (χ2n) is 30.3. The molecule has 536 valence electrons. The van der Waals surface area contributed by atoms with Crippen molar-refractivity contribution < 1.29 is 80.8 Å². The van der Waals surface area contributed by atoms with Crippen LogP contribution >= 0.6 is 34.8 Å². The summed E-state index contributed by atoms with van der Waals surface area (Å²) < 4.78 is 39.7. The van der Waals surface area contributed by atoms with Gasteiger partial charge in [-0.1, -0.05) is 77.6 Å². The first kappa shape index (κ1) is 79.1. The second kappa shape index (κ2) is 33.5. The predicted octanol–water partition coefficient (Wildman–Crippen LogP) is 3.95. The van der Waals surface area contributed by atoms with Gasteiger partial charge in [0.15, 0.2) is 11.1 Å². The molecule has 5 amide bonds. The van der Waals surface area contributed by atoms with Crippen molar-refractivity contribution in [2.24, 2.45) is 0 Å². The fraction of sp³-hybridized carbons (Fsp3) is 0.676. The first-order valence-electron chi connectivity index (χ1n) is 34.6. The molecule has 8 fully saturated rings. The fourth-order valence-electron chi connectivity index (χ4n) is 16.2. The lowest BCUT2D eigenvalue weighted by Crippen LogP contribution is -3.00. The van der Waals surface area contributed by atoms with Crippen molar-refractivity contribution >= 4 is 74.7 Å². The molecule has 0 aliphatic carbocycles. The van der Waals surface area contributed by atoms with Crippen molar-refractivity contribution in [2.75, 3.05) is 104 Å². The standard InChI is InChI=1S/C25H38ClN3O4.C25H36ClN3O3.C21H31ClN3O3S.2ClH/c1-24(2,3)33-23(32)27-21(17-19-7-9-20(26)10-8-19)22(31)28-15-11-25(18-30,12-16-28)29-13-5-4-6-14-29;1-24(2,3)32-23(31)27-21(17-19-7-9-20(26)10-8-19)22(30)28-13-11-25(12-14-28)18-29(25)15-5-4-6-16-29;1-29(27,28)23-19(15-17-5-7-18(22)8-6-17)20(26)24-11-9-21(10-12-24)16-25(21)13-3-2-4-14-25;;/h7-10,21,30H,4-6,11-18H2,1-3H3,(H,27,32);7-10,21H,4-6,11-18H2,1-3H3;5-8,19,23H,2-4,9-16H2,1H3;2*1H/q;;+1;;/p-1/t2*21-;19-;;/m111../s1. The van der Waals surface area contributed by atoms with Gasteiger partial charge in [-0.3, -0.25) is 19.3 Å². The zero-order valence-electron chi connectivity index (χ0n) is 57.6. The van der Waals surface area contributed by atoms with Crippen LogP contribution in [0.15, 0.2) is 72.8 Å². The number of amides is 5. The predicted molar refractivity (Wildman–Crippen MR) is 369 cm³/mol. The second-order valence-corrected chi connectivity index (χ2v) is 33.4. The number of quaternary nitrogens is 2. The van der Waals surface area contributed by atoms with Crippen molar-refractivity contribution in [3.63, 3.8) is 0 Å². The number of alkyl carbamates (subject to hydrolysis) is 2. The van der Waals surface area contributed by atoms with Crippen LogP contribution in [0.4, 0.5) is 9.59 Å². The summed E-state index contributed by atoms with van der Waals surface area (Å²) in [7, 11) is -3.49. The number of carbonyl (C=O) groups is 5. The highest BCUT2D eigenvalue weighted by Gasteiger charge is 2.70. The van der Waals surface area contributed by atoms with E-state index in [9.17, 15) is 37.5 Å².